The third-order valence-electron chi connectivity index (χ3n) is 3.85. The van der Waals surface area contributed by atoms with Crippen molar-refractivity contribution in [3.63, 3.8) is 0 Å². The number of hydrogen-bond donors (Lipinski definition) is 0. The van der Waals surface area contributed by atoms with Crippen LogP contribution >= 0.6 is 0 Å². The Morgan fingerprint density at radius 2 is 1.71 bits per heavy atom. The topological polar surface area (TPSA) is 8.81 Å². The van der Waals surface area contributed by atoms with Crippen molar-refractivity contribution in [2.75, 3.05) is 0 Å². The normalized spacial score (nSPS) is 12.2. The van der Waals surface area contributed by atoms with Gasteiger partial charge in [-0.2, -0.15) is 13.2 Å². The van der Waals surface area contributed by atoms with Crippen molar-refractivity contribution in [2.45, 2.75) is 51.7 Å². The zero-order valence-corrected chi connectivity index (χ0v) is 12.6. The van der Waals surface area contributed by atoms with Crippen LogP contribution in [-0.2, 0) is 19.8 Å². The summed E-state index contributed by atoms with van der Waals surface area (Å²) in [5, 5.41) is 0. The van der Waals surface area contributed by atoms with E-state index in [9.17, 15) is 13.2 Å². The van der Waals surface area contributed by atoms with E-state index in [1.165, 1.54) is 16.2 Å². The predicted octanol–water partition coefficient (Wildman–Crippen LogP) is 4.46. The number of rotatable bonds is 6. The van der Waals surface area contributed by atoms with Crippen LogP contribution in [0.2, 0.25) is 0 Å². The van der Waals surface area contributed by atoms with Crippen LogP contribution in [0.3, 0.4) is 0 Å². The van der Waals surface area contributed by atoms with Crippen molar-refractivity contribution in [1.29, 1.82) is 0 Å². The summed E-state index contributed by atoms with van der Waals surface area (Å²) in [7, 11) is 1.48. The van der Waals surface area contributed by atoms with Crippen LogP contribution in [0, 0.1) is 0 Å². The molecular weight excluding hydrogens is 277 g/mol. The van der Waals surface area contributed by atoms with Crippen molar-refractivity contribution in [3.8, 4) is 0 Å². The second kappa shape index (κ2) is 6.50. The number of aryl methyl sites for hydroxylation is 2. The van der Waals surface area contributed by atoms with Crippen molar-refractivity contribution in [3.05, 3.63) is 30.1 Å². The van der Waals surface area contributed by atoms with Gasteiger partial charge in [0.1, 0.15) is 0 Å². The summed E-state index contributed by atoms with van der Waals surface area (Å²) in [6, 6.07) is 7.05. The minimum atomic E-state index is -4.34. The lowest BCUT2D eigenvalue weighted by Crippen LogP contribution is -2.38. The summed E-state index contributed by atoms with van der Waals surface area (Å²) < 4.78 is 42.7. The molecule has 1 aromatic heterocycles. The third kappa shape index (κ3) is 3.39. The van der Waals surface area contributed by atoms with E-state index < -0.39 is 12.0 Å². The second-order valence-electron chi connectivity index (χ2n) is 5.43. The second-order valence-corrected chi connectivity index (χ2v) is 5.43. The monoisotopic (exact) mass is 299 g/mol. The van der Waals surface area contributed by atoms with Gasteiger partial charge in [-0.3, -0.25) is 0 Å². The lowest BCUT2D eigenvalue weighted by atomic mass is 10.1. The molecule has 0 atom stereocenters. The molecule has 0 fully saturated rings. The molecule has 0 unspecified atom stereocenters. The van der Waals surface area contributed by atoms with Gasteiger partial charge in [-0.25, -0.2) is 9.13 Å². The Kier molecular flexibility index (Phi) is 4.91. The molecule has 0 saturated carbocycles. The zero-order chi connectivity index (χ0) is 15.5. The van der Waals surface area contributed by atoms with E-state index >= 15 is 0 Å². The highest BCUT2D eigenvalue weighted by Gasteiger charge is 2.45. The fourth-order valence-electron chi connectivity index (χ4n) is 2.83. The molecule has 1 heterocycles. The van der Waals surface area contributed by atoms with E-state index in [0.29, 0.717) is 17.6 Å². The van der Waals surface area contributed by atoms with Crippen molar-refractivity contribution < 1.29 is 17.7 Å². The zero-order valence-electron chi connectivity index (χ0n) is 12.6. The predicted molar refractivity (Wildman–Crippen MR) is 76.9 cm³/mol. The molecule has 2 aromatic rings. The first-order valence-corrected chi connectivity index (χ1v) is 7.51. The van der Waals surface area contributed by atoms with Gasteiger partial charge in [-0.15, -0.1) is 0 Å². The molecule has 0 radical (unpaired) electrons. The lowest BCUT2D eigenvalue weighted by molar-refractivity contribution is -0.667. The molecule has 2 nitrogen and oxygen atoms in total. The van der Waals surface area contributed by atoms with Gasteiger partial charge in [-0.1, -0.05) is 38.3 Å². The van der Waals surface area contributed by atoms with Crippen LogP contribution < -0.4 is 4.57 Å². The van der Waals surface area contributed by atoms with Gasteiger partial charge in [0.25, 0.3) is 0 Å². The molecule has 0 saturated heterocycles. The Morgan fingerprint density at radius 3 is 2.38 bits per heavy atom. The summed E-state index contributed by atoms with van der Waals surface area (Å²) in [6.07, 6.45) is 0.783. The van der Waals surface area contributed by atoms with E-state index in [4.69, 9.17) is 0 Å². The van der Waals surface area contributed by atoms with Gasteiger partial charge in [0.15, 0.2) is 11.0 Å². The average Bonchev–Trinajstić information content (AvgIpc) is 2.72. The number of benzene rings is 1. The van der Waals surface area contributed by atoms with Crippen LogP contribution in [0.5, 0.6) is 0 Å². The van der Waals surface area contributed by atoms with Gasteiger partial charge in [0.2, 0.25) is 0 Å². The van der Waals surface area contributed by atoms with Crippen LogP contribution in [0.25, 0.3) is 11.0 Å². The largest absolute Gasteiger partial charge is 0.495 e. The van der Waals surface area contributed by atoms with E-state index in [1.807, 2.05) is 0 Å². The SMILES string of the molecule is CCCCCCCn1c(C(F)(F)F)[n+](C)c2ccccc21. The highest BCUT2D eigenvalue weighted by molar-refractivity contribution is 5.72. The molecule has 5 heteroatoms. The number of nitrogens with zero attached hydrogens (tertiary/aromatic N) is 2. The first-order valence-electron chi connectivity index (χ1n) is 7.51. The summed E-state index contributed by atoms with van der Waals surface area (Å²) in [5.74, 6) is -0.570. The van der Waals surface area contributed by atoms with E-state index in [1.54, 1.807) is 24.3 Å². The smallest absolute Gasteiger partial charge is 0.222 e. The number of aromatic nitrogens is 2. The quantitative estimate of drug-likeness (QED) is 0.550. The molecule has 21 heavy (non-hydrogen) atoms. The number of halogens is 3. The Morgan fingerprint density at radius 1 is 1.05 bits per heavy atom. The molecule has 0 aliphatic carbocycles. The number of hydrogen-bond acceptors (Lipinski definition) is 0. The van der Waals surface area contributed by atoms with E-state index in [0.717, 1.165) is 32.1 Å². The third-order valence-corrected chi connectivity index (χ3v) is 3.85. The Bertz CT molecular complexity index is 599. The van der Waals surface area contributed by atoms with Crippen LogP contribution in [0.1, 0.15) is 44.9 Å². The van der Waals surface area contributed by atoms with Gasteiger partial charge in [0.05, 0.1) is 13.6 Å². The van der Waals surface area contributed by atoms with Gasteiger partial charge >= 0.3 is 12.0 Å². The Hall–Kier alpha value is -1.52. The van der Waals surface area contributed by atoms with E-state index in [-0.39, 0.29) is 0 Å². The molecule has 116 valence electrons. The van der Waals surface area contributed by atoms with Crippen LogP contribution in [0.4, 0.5) is 13.2 Å². The fourth-order valence-corrected chi connectivity index (χ4v) is 2.83. The minimum absolute atomic E-state index is 0.417. The molecule has 2 rings (SSSR count). The highest BCUT2D eigenvalue weighted by Crippen LogP contribution is 2.30. The van der Waals surface area contributed by atoms with Gasteiger partial charge < -0.3 is 0 Å². The van der Waals surface area contributed by atoms with Crippen LogP contribution in [0.15, 0.2) is 24.3 Å². The van der Waals surface area contributed by atoms with E-state index in [2.05, 4.69) is 6.92 Å². The molecule has 0 bridgehead atoms. The molecule has 0 aliphatic rings. The maximum absolute atomic E-state index is 13.3. The average molecular weight is 299 g/mol. The molecule has 0 aliphatic heterocycles. The number of para-hydroxylation sites is 2. The number of alkyl halides is 3. The Balaban J connectivity index is 2.31. The first kappa shape index (κ1) is 15.9. The summed E-state index contributed by atoms with van der Waals surface area (Å²) in [5.41, 5.74) is 1.28. The fraction of sp³-hybridized carbons (Fsp3) is 0.562. The summed E-state index contributed by atoms with van der Waals surface area (Å²) >= 11 is 0. The Labute approximate surface area is 123 Å². The van der Waals surface area contributed by atoms with Crippen LogP contribution in [-0.4, -0.2) is 4.57 Å². The van der Waals surface area contributed by atoms with Crippen molar-refractivity contribution in [2.24, 2.45) is 7.05 Å². The van der Waals surface area contributed by atoms with Gasteiger partial charge in [-0.05, 0) is 25.0 Å². The maximum Gasteiger partial charge on any atom is 0.495 e. The van der Waals surface area contributed by atoms with Crippen molar-refractivity contribution >= 4 is 11.0 Å². The number of fused-ring (bicyclic) bond motifs is 1. The lowest BCUT2D eigenvalue weighted by Gasteiger charge is -2.06. The number of imidazole rings is 1. The summed E-state index contributed by atoms with van der Waals surface area (Å²) in [4.78, 5) is 0. The first-order chi connectivity index (χ1) is 9.96. The molecule has 0 spiro atoms. The number of unbranched alkanes of at least 4 members (excludes halogenated alkanes) is 4. The highest BCUT2D eigenvalue weighted by atomic mass is 19.4. The molecule has 0 N–H and O–H groups in total. The van der Waals surface area contributed by atoms with Gasteiger partial charge in [0, 0.05) is 0 Å². The maximum atomic E-state index is 13.3. The molecule has 0 amide bonds. The minimum Gasteiger partial charge on any atom is -0.222 e. The summed E-state index contributed by atoms with van der Waals surface area (Å²) in [6.45, 7) is 2.54. The molecular formula is C16H22F3N2+. The van der Waals surface area contributed by atoms with Crippen molar-refractivity contribution in [1.82, 2.24) is 4.57 Å². The molecule has 1 aromatic carbocycles. The standard InChI is InChI=1S/C16H22F3N2/c1-3-4-5-6-9-12-21-14-11-8-7-10-13(14)20(2)15(21)16(17,18)19/h7-8,10-11H,3-6,9,12H2,1-2H3/q+1.